The zero-order chi connectivity index (χ0) is 38.2. The molecule has 2 unspecified atom stereocenters. The number of hydrogen-bond donors (Lipinski definition) is 1. The van der Waals surface area contributed by atoms with Crippen molar-refractivity contribution in [3.63, 3.8) is 0 Å². The highest BCUT2D eigenvalue weighted by Gasteiger charge is 2.35. The number of hydrogen-bond acceptors (Lipinski definition) is 7. The lowest BCUT2D eigenvalue weighted by atomic mass is 10.0. The second-order valence-electron chi connectivity index (χ2n) is 13.6. The molecular formula is C36H49Cl2F2IN2O7. The Labute approximate surface area is 318 Å². The quantitative estimate of drug-likeness (QED) is 0.181. The Morgan fingerprint density at radius 3 is 1.92 bits per heavy atom. The second-order valence-corrected chi connectivity index (χ2v) is 15.7. The third-order valence-corrected chi connectivity index (χ3v) is 7.84. The minimum absolute atomic E-state index is 0.0302. The van der Waals surface area contributed by atoms with Crippen LogP contribution in [0.3, 0.4) is 0 Å². The Morgan fingerprint density at radius 2 is 1.50 bits per heavy atom. The van der Waals surface area contributed by atoms with Gasteiger partial charge < -0.3 is 19.5 Å². The Hall–Kier alpha value is -2.55. The number of nitrogens with one attached hydrogen (secondary N) is 1. The van der Waals surface area contributed by atoms with Gasteiger partial charge in [0.15, 0.2) is 5.78 Å². The molecule has 14 heteroatoms. The van der Waals surface area contributed by atoms with Crippen molar-refractivity contribution in [3.8, 4) is 0 Å². The Morgan fingerprint density at radius 1 is 0.960 bits per heavy atom. The molecule has 2 atom stereocenters. The van der Waals surface area contributed by atoms with Crippen LogP contribution < -0.4 is 5.32 Å². The maximum absolute atomic E-state index is 13.1. The first-order valence-corrected chi connectivity index (χ1v) is 18.1. The number of nitrogens with zero attached hydrogens (tertiary/aromatic N) is 1. The van der Waals surface area contributed by atoms with Gasteiger partial charge in [0.05, 0.1) is 10.0 Å². The highest BCUT2D eigenvalue weighted by Crippen LogP contribution is 2.22. The molecule has 50 heavy (non-hydrogen) atoms. The maximum atomic E-state index is 13.1. The average Bonchev–Trinajstić information content (AvgIpc) is 3.67. The average molecular weight is 858 g/mol. The van der Waals surface area contributed by atoms with Crippen molar-refractivity contribution in [1.29, 1.82) is 0 Å². The Kier molecular flexibility index (Phi) is 19.8. The predicted molar refractivity (Wildman–Crippen MR) is 200 cm³/mol. The molecule has 2 fully saturated rings. The minimum atomic E-state index is -0.565. The van der Waals surface area contributed by atoms with E-state index < -0.39 is 29.2 Å². The molecule has 0 bridgehead atoms. The summed E-state index contributed by atoms with van der Waals surface area (Å²) in [7, 11) is 0. The third kappa shape index (κ3) is 19.2. The van der Waals surface area contributed by atoms with Crippen LogP contribution in [0.15, 0.2) is 36.4 Å². The van der Waals surface area contributed by atoms with Crippen LogP contribution >= 0.6 is 45.8 Å². The number of amides is 3. The number of Topliss-reactive ketones (excluding diaryl/α,β-unsaturated/α-hetero) is 1. The number of likely N-dealkylation sites (tertiary alicyclic amines) is 1. The SMILES string of the molecule is C1CCOC1.CC(CCC(=O)c1ccc(F)c(Cl)c1)NC(=O)OC(C)(C)C.CC1CCC(=O)N1C(=O)OC(C)(C)C.Fc1ccc(I)cc1Cl. The Bertz CT molecular complexity index is 1420. The predicted octanol–water partition coefficient (Wildman–Crippen LogP) is 10.2. The number of ether oxygens (including phenoxy) is 3. The van der Waals surface area contributed by atoms with Gasteiger partial charge in [-0.1, -0.05) is 23.2 Å². The molecule has 0 spiro atoms. The summed E-state index contributed by atoms with van der Waals surface area (Å²) >= 11 is 13.2. The van der Waals surface area contributed by atoms with Crippen LogP contribution in [-0.2, 0) is 19.0 Å². The number of alkyl carbamates (subject to hydrolysis) is 1. The molecule has 9 nitrogen and oxygen atoms in total. The van der Waals surface area contributed by atoms with Crippen LogP contribution in [-0.4, -0.2) is 65.3 Å². The van der Waals surface area contributed by atoms with Gasteiger partial charge in [0.25, 0.3) is 0 Å². The highest BCUT2D eigenvalue weighted by molar-refractivity contribution is 14.1. The Balaban J connectivity index is 0.000000376. The first kappa shape index (κ1) is 45.5. The van der Waals surface area contributed by atoms with Crippen LogP contribution in [0.25, 0.3) is 0 Å². The van der Waals surface area contributed by atoms with E-state index in [1.165, 1.54) is 35.9 Å². The number of imide groups is 1. The van der Waals surface area contributed by atoms with Crippen molar-refractivity contribution < 1.29 is 42.2 Å². The molecule has 4 rings (SSSR count). The normalized spacial score (nSPS) is 16.1. The van der Waals surface area contributed by atoms with Gasteiger partial charge in [0.1, 0.15) is 22.8 Å². The van der Waals surface area contributed by atoms with Crippen molar-refractivity contribution in [3.05, 3.63) is 67.2 Å². The molecule has 0 saturated carbocycles. The molecule has 2 aromatic rings. The van der Waals surface area contributed by atoms with Gasteiger partial charge in [-0.15, -0.1) is 0 Å². The highest BCUT2D eigenvalue weighted by atomic mass is 127. The topological polar surface area (TPSA) is 111 Å². The lowest BCUT2D eigenvalue weighted by Crippen LogP contribution is -2.41. The van der Waals surface area contributed by atoms with Gasteiger partial charge in [0, 0.05) is 47.3 Å². The van der Waals surface area contributed by atoms with Gasteiger partial charge >= 0.3 is 12.2 Å². The molecule has 1 N–H and O–H groups in total. The molecule has 2 aromatic carbocycles. The summed E-state index contributed by atoms with van der Waals surface area (Å²) in [5, 5.41) is 2.77. The number of benzene rings is 2. The molecule has 0 aliphatic carbocycles. The molecule has 2 aliphatic heterocycles. The van der Waals surface area contributed by atoms with Crippen LogP contribution in [0.5, 0.6) is 0 Å². The lowest BCUT2D eigenvalue weighted by molar-refractivity contribution is -0.127. The zero-order valence-electron chi connectivity index (χ0n) is 30.0. The summed E-state index contributed by atoms with van der Waals surface area (Å²) in [4.78, 5) is 47.7. The van der Waals surface area contributed by atoms with Crippen LogP contribution in [0.2, 0.25) is 10.0 Å². The van der Waals surface area contributed by atoms with Crippen LogP contribution in [0, 0.1) is 15.2 Å². The van der Waals surface area contributed by atoms with Crippen LogP contribution in [0.1, 0.15) is 104 Å². The first-order valence-electron chi connectivity index (χ1n) is 16.3. The standard InChI is InChI=1S/C16H21ClFNO3.C10H17NO3.C6H3ClFI.C4H8O/c1-10(19-15(21)22-16(2,3)4)5-8-14(20)11-6-7-13(18)12(17)9-11;1-7-5-6-8(12)11(7)9(13)14-10(2,3)4;7-5-3-4(9)1-2-6(5)8;1-2-4-5-3-1/h6-7,9-10H,5,8H2,1-4H3,(H,19,21);7H,5-6H2,1-4H3;1-3H;1-4H2. The van der Waals surface area contributed by atoms with Gasteiger partial charge in [-0.3, -0.25) is 9.59 Å². The third-order valence-electron chi connectivity index (χ3n) is 6.59. The van der Waals surface area contributed by atoms with Gasteiger partial charge in [-0.2, -0.15) is 0 Å². The van der Waals surface area contributed by atoms with E-state index in [2.05, 4.69) is 27.9 Å². The number of rotatable bonds is 5. The van der Waals surface area contributed by atoms with E-state index in [1.807, 2.05) is 6.92 Å². The maximum Gasteiger partial charge on any atom is 0.417 e. The van der Waals surface area contributed by atoms with E-state index in [0.717, 1.165) is 29.3 Å². The van der Waals surface area contributed by atoms with E-state index >= 15 is 0 Å². The van der Waals surface area contributed by atoms with Gasteiger partial charge in [0.2, 0.25) is 5.91 Å². The van der Waals surface area contributed by atoms with Crippen molar-refractivity contribution in [2.24, 2.45) is 0 Å². The van der Waals surface area contributed by atoms with Crippen molar-refractivity contribution >= 4 is 69.7 Å². The number of carbonyl (C=O) groups is 4. The van der Waals surface area contributed by atoms with E-state index in [4.69, 9.17) is 37.4 Å². The molecule has 0 radical (unpaired) electrons. The number of halogens is 5. The van der Waals surface area contributed by atoms with E-state index in [-0.39, 0.29) is 46.1 Å². The van der Waals surface area contributed by atoms with Crippen molar-refractivity contribution in [1.82, 2.24) is 10.2 Å². The molecule has 3 amide bonds. The summed E-state index contributed by atoms with van der Waals surface area (Å²) < 4.78 is 41.6. The zero-order valence-corrected chi connectivity index (χ0v) is 33.6. The van der Waals surface area contributed by atoms with E-state index in [0.29, 0.717) is 18.4 Å². The monoisotopic (exact) mass is 856 g/mol. The fourth-order valence-corrected chi connectivity index (χ4v) is 5.18. The number of ketones is 1. The molecule has 2 aliphatic rings. The molecule has 2 heterocycles. The molecular weight excluding hydrogens is 808 g/mol. The summed E-state index contributed by atoms with van der Waals surface area (Å²) in [6.07, 6.45) is 3.37. The molecule has 2 saturated heterocycles. The van der Waals surface area contributed by atoms with Crippen molar-refractivity contribution in [2.45, 2.75) is 117 Å². The van der Waals surface area contributed by atoms with Crippen molar-refractivity contribution in [2.75, 3.05) is 13.2 Å². The lowest BCUT2D eigenvalue weighted by Gasteiger charge is -2.25. The van der Waals surface area contributed by atoms with Crippen LogP contribution in [0.4, 0.5) is 18.4 Å². The molecule has 0 aromatic heterocycles. The largest absolute Gasteiger partial charge is 0.444 e. The summed E-state index contributed by atoms with van der Waals surface area (Å²) in [6.45, 7) is 16.3. The van der Waals surface area contributed by atoms with Gasteiger partial charge in [-0.05, 0) is 140 Å². The van der Waals surface area contributed by atoms with E-state index in [9.17, 15) is 28.0 Å². The summed E-state index contributed by atoms with van der Waals surface area (Å²) in [6, 6.07) is 8.23. The minimum Gasteiger partial charge on any atom is -0.444 e. The smallest absolute Gasteiger partial charge is 0.417 e. The fraction of sp³-hybridized carbons (Fsp3) is 0.556. The second kappa shape index (κ2) is 21.7. The summed E-state index contributed by atoms with van der Waals surface area (Å²) in [5.74, 6) is -1.21. The van der Waals surface area contributed by atoms with E-state index in [1.54, 1.807) is 60.6 Å². The first-order chi connectivity index (χ1) is 23.1. The van der Waals surface area contributed by atoms with Gasteiger partial charge in [-0.25, -0.2) is 23.3 Å². The fourth-order valence-electron chi connectivity index (χ4n) is 4.14. The number of carbonyl (C=O) groups excluding carboxylic acids is 4. The molecule has 280 valence electrons. The summed E-state index contributed by atoms with van der Waals surface area (Å²) in [5.41, 5.74) is -0.750.